The van der Waals surface area contributed by atoms with Crippen molar-refractivity contribution in [1.29, 1.82) is 0 Å². The van der Waals surface area contributed by atoms with Crippen molar-refractivity contribution >= 4 is 16.1 Å². The van der Waals surface area contributed by atoms with Gasteiger partial charge in [0.2, 0.25) is 0 Å². The van der Waals surface area contributed by atoms with E-state index in [1.807, 2.05) is 0 Å². The number of benzene rings is 1. The first-order valence-electron chi connectivity index (χ1n) is 7.19. The lowest BCUT2D eigenvalue weighted by molar-refractivity contribution is -0.193. The summed E-state index contributed by atoms with van der Waals surface area (Å²) in [6, 6.07) is 7.10. The molecule has 0 fully saturated rings. The number of carboxylic acids is 1. The molecule has 0 aliphatic heterocycles. The predicted octanol–water partition coefficient (Wildman–Crippen LogP) is 3.27. The second kappa shape index (κ2) is 7.10. The number of hydrogen-bond acceptors (Lipinski definition) is 3. The molecule has 0 aromatic heterocycles. The molecule has 3 unspecified atom stereocenters. The summed E-state index contributed by atoms with van der Waals surface area (Å²) in [5, 5.41) is 7.04. The maximum atomic E-state index is 14.9. The van der Waals surface area contributed by atoms with Gasteiger partial charge in [0.15, 0.2) is 0 Å². The van der Waals surface area contributed by atoms with Gasteiger partial charge in [-0.3, -0.25) is 4.55 Å². The quantitative estimate of drug-likeness (QED) is 0.687. The molecule has 0 bridgehead atoms. The fraction of sp³-hybridized carbons (Fsp3) is 0.533. The Morgan fingerprint density at radius 2 is 1.71 bits per heavy atom. The van der Waals surface area contributed by atoms with Gasteiger partial charge >= 0.3 is 5.97 Å². The van der Waals surface area contributed by atoms with Crippen molar-refractivity contribution in [2.75, 3.05) is 0 Å². The van der Waals surface area contributed by atoms with Gasteiger partial charge in [-0.15, -0.1) is 0 Å². The molecule has 136 valence electrons. The zero-order chi connectivity index (χ0) is 18.8. The summed E-state index contributed by atoms with van der Waals surface area (Å²) in [6.07, 6.45) is -1.84. The summed E-state index contributed by atoms with van der Waals surface area (Å²) in [5.41, 5.74) is -4.12. The lowest BCUT2D eigenvalue weighted by Crippen LogP contribution is -2.55. The van der Waals surface area contributed by atoms with Gasteiger partial charge in [0.25, 0.3) is 21.7 Å². The molecule has 5 nitrogen and oxygen atoms in total. The molecule has 24 heavy (non-hydrogen) atoms. The number of hydrogen-bond donors (Lipinski definition) is 2. The van der Waals surface area contributed by atoms with Gasteiger partial charge in [0.1, 0.15) is 0 Å². The standard InChI is InChI=1S/C15H19F3O5S/c1-3-12(11-7-5-4-6-8-11)15(17,18)14(16,13(19)20)9-10(2)24(21,22)23/h4-8,10,12H,3,9H2,1-2H3,(H,19,20)(H,21,22,23). The highest BCUT2D eigenvalue weighted by atomic mass is 32.2. The van der Waals surface area contributed by atoms with Gasteiger partial charge in [0, 0.05) is 6.42 Å². The molecule has 0 saturated carbocycles. The van der Waals surface area contributed by atoms with Crippen molar-refractivity contribution < 1.29 is 36.0 Å². The summed E-state index contributed by atoms with van der Waals surface area (Å²) in [6.45, 7) is 2.12. The summed E-state index contributed by atoms with van der Waals surface area (Å²) in [4.78, 5) is 11.3. The minimum atomic E-state index is -4.86. The molecule has 0 radical (unpaired) electrons. The monoisotopic (exact) mass is 368 g/mol. The lowest BCUT2D eigenvalue weighted by atomic mass is 9.79. The molecule has 9 heteroatoms. The van der Waals surface area contributed by atoms with Crippen molar-refractivity contribution in [2.24, 2.45) is 0 Å². The zero-order valence-electron chi connectivity index (χ0n) is 13.1. The van der Waals surface area contributed by atoms with Gasteiger partial charge in [-0.25, -0.2) is 18.0 Å². The van der Waals surface area contributed by atoms with Crippen LogP contribution < -0.4 is 0 Å². The normalized spacial score (nSPS) is 17.8. The second-order valence-corrected chi connectivity index (χ2v) is 7.47. The van der Waals surface area contributed by atoms with Crippen LogP contribution in [0.1, 0.15) is 38.2 Å². The van der Waals surface area contributed by atoms with Crippen molar-refractivity contribution in [3.63, 3.8) is 0 Å². The Morgan fingerprint density at radius 3 is 2.08 bits per heavy atom. The summed E-state index contributed by atoms with van der Waals surface area (Å²) >= 11 is 0. The first-order chi connectivity index (χ1) is 10.9. The van der Waals surface area contributed by atoms with Crippen LogP contribution in [0.3, 0.4) is 0 Å². The largest absolute Gasteiger partial charge is 0.479 e. The average molecular weight is 368 g/mol. The van der Waals surface area contributed by atoms with Crippen LogP contribution in [0.25, 0.3) is 0 Å². The Morgan fingerprint density at radius 1 is 1.21 bits per heavy atom. The van der Waals surface area contributed by atoms with Crippen LogP contribution in [0, 0.1) is 0 Å². The SMILES string of the molecule is CCC(c1ccccc1)C(F)(F)C(F)(CC(C)S(=O)(=O)O)C(=O)O. The molecule has 0 spiro atoms. The Kier molecular flexibility index (Phi) is 6.05. The fourth-order valence-corrected chi connectivity index (χ4v) is 2.97. The average Bonchev–Trinajstić information content (AvgIpc) is 2.47. The Balaban J connectivity index is 3.37. The smallest absolute Gasteiger partial charge is 0.347 e. The van der Waals surface area contributed by atoms with Crippen LogP contribution >= 0.6 is 0 Å². The van der Waals surface area contributed by atoms with E-state index in [9.17, 15) is 26.4 Å². The van der Waals surface area contributed by atoms with Crippen LogP contribution in [0.5, 0.6) is 0 Å². The fourth-order valence-electron chi connectivity index (χ4n) is 2.53. The van der Waals surface area contributed by atoms with E-state index in [1.54, 1.807) is 6.07 Å². The number of aliphatic carboxylic acids is 1. The molecule has 0 saturated heterocycles. The van der Waals surface area contributed by atoms with E-state index in [-0.39, 0.29) is 12.0 Å². The number of rotatable bonds is 8. The third-order valence-electron chi connectivity index (χ3n) is 3.99. The van der Waals surface area contributed by atoms with Gasteiger partial charge in [-0.2, -0.15) is 8.42 Å². The van der Waals surface area contributed by atoms with Crippen LogP contribution in [0.2, 0.25) is 0 Å². The van der Waals surface area contributed by atoms with Crippen LogP contribution in [-0.2, 0) is 14.9 Å². The van der Waals surface area contributed by atoms with Crippen molar-refractivity contribution in [3.05, 3.63) is 35.9 Å². The molecule has 1 rings (SSSR count). The van der Waals surface area contributed by atoms with Crippen LogP contribution in [0.4, 0.5) is 13.2 Å². The van der Waals surface area contributed by atoms with E-state index in [0.717, 1.165) is 6.92 Å². The van der Waals surface area contributed by atoms with E-state index in [0.29, 0.717) is 0 Å². The molecule has 0 amide bonds. The molecular weight excluding hydrogens is 349 g/mol. The second-order valence-electron chi connectivity index (χ2n) is 5.63. The first-order valence-corrected chi connectivity index (χ1v) is 8.69. The van der Waals surface area contributed by atoms with Crippen molar-refractivity contribution in [3.8, 4) is 0 Å². The third-order valence-corrected chi connectivity index (χ3v) is 5.18. The summed E-state index contributed by atoms with van der Waals surface area (Å²) in [5.74, 6) is -8.64. The number of carbonyl (C=O) groups is 1. The van der Waals surface area contributed by atoms with Gasteiger partial charge in [0.05, 0.1) is 11.2 Å². The van der Waals surface area contributed by atoms with Crippen molar-refractivity contribution in [1.82, 2.24) is 0 Å². The molecule has 2 N–H and O–H groups in total. The van der Waals surface area contributed by atoms with Crippen LogP contribution in [-0.4, -0.2) is 40.9 Å². The summed E-state index contributed by atoms with van der Waals surface area (Å²) in [7, 11) is -4.86. The molecule has 0 aliphatic rings. The number of carboxylic acid groups (broad SMARTS) is 1. The zero-order valence-corrected chi connectivity index (χ0v) is 13.9. The van der Waals surface area contributed by atoms with Crippen molar-refractivity contribution in [2.45, 2.75) is 49.4 Å². The van der Waals surface area contributed by atoms with E-state index in [1.165, 1.54) is 31.2 Å². The lowest BCUT2D eigenvalue weighted by Gasteiger charge is -2.36. The van der Waals surface area contributed by atoms with Gasteiger partial charge in [-0.05, 0) is 18.9 Å². The Labute approximate surface area is 138 Å². The van der Waals surface area contributed by atoms with E-state index >= 15 is 0 Å². The van der Waals surface area contributed by atoms with E-state index in [4.69, 9.17) is 9.66 Å². The van der Waals surface area contributed by atoms with Gasteiger partial charge in [-0.1, -0.05) is 37.3 Å². The molecule has 1 aromatic carbocycles. The minimum Gasteiger partial charge on any atom is -0.479 e. The Bertz CT molecular complexity index is 678. The highest BCUT2D eigenvalue weighted by Gasteiger charge is 2.65. The number of halogens is 3. The topological polar surface area (TPSA) is 91.7 Å². The van der Waals surface area contributed by atoms with E-state index in [2.05, 4.69) is 0 Å². The molecule has 0 aliphatic carbocycles. The Hall–Kier alpha value is -1.61. The summed E-state index contributed by atoms with van der Waals surface area (Å²) < 4.78 is 75.4. The molecule has 0 heterocycles. The number of alkyl halides is 3. The highest BCUT2D eigenvalue weighted by Crippen LogP contribution is 2.48. The third kappa shape index (κ3) is 3.89. The van der Waals surface area contributed by atoms with Crippen LogP contribution in [0.15, 0.2) is 30.3 Å². The minimum absolute atomic E-state index is 0.0350. The highest BCUT2D eigenvalue weighted by molar-refractivity contribution is 7.86. The maximum absolute atomic E-state index is 14.9. The first kappa shape index (κ1) is 20.4. The van der Waals surface area contributed by atoms with E-state index < -0.39 is 45.3 Å². The molecule has 3 atom stereocenters. The predicted molar refractivity (Wildman–Crippen MR) is 81.5 cm³/mol. The molecular formula is C15H19F3O5S. The van der Waals surface area contributed by atoms with Gasteiger partial charge < -0.3 is 5.11 Å². The molecule has 1 aromatic rings. The maximum Gasteiger partial charge on any atom is 0.347 e.